The summed E-state index contributed by atoms with van der Waals surface area (Å²) in [6, 6.07) is 4.83. The van der Waals surface area contributed by atoms with Crippen molar-refractivity contribution >= 4 is 5.69 Å². The molecule has 20 heavy (non-hydrogen) atoms. The summed E-state index contributed by atoms with van der Waals surface area (Å²) in [5.74, 6) is 1.68. The fourth-order valence-corrected chi connectivity index (χ4v) is 2.85. The second-order valence-electron chi connectivity index (χ2n) is 5.84. The molecule has 5 heteroatoms. The van der Waals surface area contributed by atoms with E-state index in [1.807, 2.05) is 0 Å². The summed E-state index contributed by atoms with van der Waals surface area (Å²) < 4.78 is 34.7. The topological polar surface area (TPSA) is 30.5 Å². The molecule has 0 amide bonds. The standard InChI is InChI=1S/C15H19F2NO2/c1-10-2-4-11(5-3-10)9-18-12-6-7-13-14(8-12)20-15(16,17)19-13/h6-8,10-11,18H,2-5,9H2,1H3. The molecular formula is C15H19F2NO2. The van der Waals surface area contributed by atoms with Crippen molar-refractivity contribution in [2.24, 2.45) is 11.8 Å². The highest BCUT2D eigenvalue weighted by Gasteiger charge is 2.43. The third-order valence-corrected chi connectivity index (χ3v) is 4.13. The van der Waals surface area contributed by atoms with Crippen LogP contribution in [-0.4, -0.2) is 12.8 Å². The number of halogens is 2. The molecule has 1 N–H and O–H groups in total. The Hall–Kier alpha value is -1.52. The molecule has 0 saturated heterocycles. The van der Waals surface area contributed by atoms with E-state index in [2.05, 4.69) is 21.7 Å². The van der Waals surface area contributed by atoms with Gasteiger partial charge in [-0.15, -0.1) is 8.78 Å². The van der Waals surface area contributed by atoms with Gasteiger partial charge in [-0.3, -0.25) is 0 Å². The van der Waals surface area contributed by atoms with E-state index < -0.39 is 6.29 Å². The van der Waals surface area contributed by atoms with Crippen LogP contribution in [0, 0.1) is 11.8 Å². The summed E-state index contributed by atoms with van der Waals surface area (Å²) in [5, 5.41) is 3.31. The van der Waals surface area contributed by atoms with Crippen LogP contribution in [0.2, 0.25) is 0 Å². The third-order valence-electron chi connectivity index (χ3n) is 4.13. The number of rotatable bonds is 3. The molecule has 2 aliphatic rings. The van der Waals surface area contributed by atoms with Gasteiger partial charge in [0.25, 0.3) is 0 Å². The maximum absolute atomic E-state index is 12.9. The fourth-order valence-electron chi connectivity index (χ4n) is 2.85. The molecule has 0 radical (unpaired) electrons. The number of hydrogen-bond donors (Lipinski definition) is 1. The molecule has 0 unspecified atom stereocenters. The molecule has 1 fully saturated rings. The first kappa shape index (κ1) is 13.5. The van der Waals surface area contributed by atoms with Crippen molar-refractivity contribution < 1.29 is 18.3 Å². The van der Waals surface area contributed by atoms with E-state index >= 15 is 0 Å². The van der Waals surface area contributed by atoms with Gasteiger partial charge in [-0.2, -0.15) is 0 Å². The number of nitrogens with one attached hydrogen (secondary N) is 1. The van der Waals surface area contributed by atoms with Gasteiger partial charge >= 0.3 is 6.29 Å². The molecule has 0 atom stereocenters. The Morgan fingerprint density at radius 3 is 2.60 bits per heavy atom. The van der Waals surface area contributed by atoms with Gasteiger partial charge in [0.1, 0.15) is 0 Å². The zero-order valence-corrected chi connectivity index (χ0v) is 11.5. The van der Waals surface area contributed by atoms with Crippen LogP contribution in [0.5, 0.6) is 11.5 Å². The van der Waals surface area contributed by atoms with Crippen LogP contribution in [0.3, 0.4) is 0 Å². The quantitative estimate of drug-likeness (QED) is 0.899. The average Bonchev–Trinajstić information content (AvgIpc) is 2.71. The molecule has 1 aliphatic heterocycles. The van der Waals surface area contributed by atoms with Crippen molar-refractivity contribution in [3.8, 4) is 11.5 Å². The normalized spacial score (nSPS) is 27.4. The molecule has 0 spiro atoms. The molecule has 0 aromatic heterocycles. The molecule has 1 aliphatic carbocycles. The van der Waals surface area contributed by atoms with Crippen LogP contribution in [-0.2, 0) is 0 Å². The molecule has 3 rings (SSSR count). The second kappa shape index (κ2) is 5.11. The van der Waals surface area contributed by atoms with Crippen molar-refractivity contribution in [2.45, 2.75) is 38.9 Å². The summed E-state index contributed by atoms with van der Waals surface area (Å²) in [4.78, 5) is 0. The van der Waals surface area contributed by atoms with Crippen molar-refractivity contribution in [2.75, 3.05) is 11.9 Å². The minimum absolute atomic E-state index is 0.0899. The highest BCUT2D eigenvalue weighted by Crippen LogP contribution is 2.42. The second-order valence-corrected chi connectivity index (χ2v) is 5.84. The number of ether oxygens (including phenoxy) is 2. The Labute approximate surface area is 117 Å². The van der Waals surface area contributed by atoms with Gasteiger partial charge in [0, 0.05) is 18.3 Å². The van der Waals surface area contributed by atoms with E-state index in [1.165, 1.54) is 31.7 Å². The van der Waals surface area contributed by atoms with Gasteiger partial charge in [-0.1, -0.05) is 19.8 Å². The van der Waals surface area contributed by atoms with Gasteiger partial charge in [0.2, 0.25) is 0 Å². The number of alkyl halides is 2. The Kier molecular flexibility index (Phi) is 3.44. The highest BCUT2D eigenvalue weighted by molar-refractivity contribution is 5.55. The molecule has 3 nitrogen and oxygen atoms in total. The van der Waals surface area contributed by atoms with Crippen LogP contribution in [0.15, 0.2) is 18.2 Å². The minimum atomic E-state index is -3.54. The maximum Gasteiger partial charge on any atom is 0.586 e. The highest BCUT2D eigenvalue weighted by atomic mass is 19.3. The van der Waals surface area contributed by atoms with Gasteiger partial charge in [0.15, 0.2) is 11.5 Å². The zero-order chi connectivity index (χ0) is 14.2. The van der Waals surface area contributed by atoms with E-state index in [9.17, 15) is 8.78 Å². The van der Waals surface area contributed by atoms with E-state index in [1.54, 1.807) is 12.1 Å². The van der Waals surface area contributed by atoms with E-state index in [4.69, 9.17) is 0 Å². The summed E-state index contributed by atoms with van der Waals surface area (Å²) in [6.07, 6.45) is 1.48. The summed E-state index contributed by atoms with van der Waals surface area (Å²) >= 11 is 0. The molecule has 0 bridgehead atoms. The predicted octanol–water partition coefficient (Wildman–Crippen LogP) is 4.25. The van der Waals surface area contributed by atoms with Crippen LogP contribution in [0.25, 0.3) is 0 Å². The van der Waals surface area contributed by atoms with Crippen molar-refractivity contribution in [1.82, 2.24) is 0 Å². The Balaban J connectivity index is 1.57. The number of hydrogen-bond acceptors (Lipinski definition) is 3. The summed E-state index contributed by atoms with van der Waals surface area (Å²) in [7, 11) is 0. The van der Waals surface area contributed by atoms with Crippen LogP contribution >= 0.6 is 0 Å². The monoisotopic (exact) mass is 283 g/mol. The molecule has 1 heterocycles. The minimum Gasteiger partial charge on any atom is -0.395 e. The number of anilines is 1. The zero-order valence-electron chi connectivity index (χ0n) is 11.5. The van der Waals surface area contributed by atoms with Crippen molar-refractivity contribution in [3.63, 3.8) is 0 Å². The van der Waals surface area contributed by atoms with Crippen LogP contribution in [0.4, 0.5) is 14.5 Å². The maximum atomic E-state index is 12.9. The lowest BCUT2D eigenvalue weighted by atomic mass is 9.83. The fraction of sp³-hybridized carbons (Fsp3) is 0.600. The molecular weight excluding hydrogens is 264 g/mol. The molecule has 1 saturated carbocycles. The lowest BCUT2D eigenvalue weighted by Gasteiger charge is -2.26. The lowest BCUT2D eigenvalue weighted by molar-refractivity contribution is -0.286. The SMILES string of the molecule is CC1CCC(CNc2ccc3c(c2)OC(F)(F)O3)CC1. The van der Waals surface area contributed by atoms with E-state index in [-0.39, 0.29) is 11.5 Å². The summed E-state index contributed by atoms with van der Waals surface area (Å²) in [6.45, 7) is 3.17. The van der Waals surface area contributed by atoms with Crippen molar-refractivity contribution in [3.05, 3.63) is 18.2 Å². The van der Waals surface area contributed by atoms with Gasteiger partial charge < -0.3 is 14.8 Å². The Morgan fingerprint density at radius 1 is 1.15 bits per heavy atom. The first-order chi connectivity index (χ1) is 9.52. The number of fused-ring (bicyclic) bond motifs is 1. The Bertz CT molecular complexity index is 485. The molecule has 1 aromatic rings. The lowest BCUT2D eigenvalue weighted by Crippen LogP contribution is -2.25. The third kappa shape index (κ3) is 2.97. The van der Waals surface area contributed by atoms with E-state index in [0.717, 1.165) is 18.2 Å². The average molecular weight is 283 g/mol. The number of benzene rings is 1. The summed E-state index contributed by atoms with van der Waals surface area (Å²) in [5.41, 5.74) is 0.795. The van der Waals surface area contributed by atoms with Crippen molar-refractivity contribution in [1.29, 1.82) is 0 Å². The van der Waals surface area contributed by atoms with Crippen LogP contribution in [0.1, 0.15) is 32.6 Å². The van der Waals surface area contributed by atoms with Gasteiger partial charge in [-0.25, -0.2) is 0 Å². The Morgan fingerprint density at radius 2 is 1.85 bits per heavy atom. The first-order valence-corrected chi connectivity index (χ1v) is 7.15. The molecule has 110 valence electrons. The largest absolute Gasteiger partial charge is 0.586 e. The van der Waals surface area contributed by atoms with Gasteiger partial charge in [-0.05, 0) is 36.8 Å². The van der Waals surface area contributed by atoms with E-state index in [0.29, 0.717) is 5.92 Å². The predicted molar refractivity (Wildman–Crippen MR) is 72.3 cm³/mol. The van der Waals surface area contributed by atoms with Crippen LogP contribution < -0.4 is 14.8 Å². The smallest absolute Gasteiger partial charge is 0.395 e. The molecule has 1 aromatic carbocycles. The van der Waals surface area contributed by atoms with Gasteiger partial charge in [0.05, 0.1) is 0 Å². The first-order valence-electron chi connectivity index (χ1n) is 7.15.